The maximum atomic E-state index is 10.7. The molecular weight excluding hydrogens is 276 g/mol. The van der Waals surface area contributed by atoms with Gasteiger partial charge in [-0.25, -0.2) is 4.98 Å². The van der Waals surface area contributed by atoms with Gasteiger partial charge in [-0.05, 0) is 36.8 Å². The molecule has 20 heavy (non-hydrogen) atoms. The van der Waals surface area contributed by atoms with Gasteiger partial charge in [0.2, 0.25) is 0 Å². The van der Waals surface area contributed by atoms with Crippen LogP contribution in [0.5, 0.6) is 0 Å². The number of nitrogens with one attached hydrogen (secondary N) is 2. The monoisotopic (exact) mass is 288 g/mol. The molecule has 2 N–H and O–H groups in total. The summed E-state index contributed by atoms with van der Waals surface area (Å²) >= 11 is 5.15. The molecule has 1 heterocycles. The Kier molecular flexibility index (Phi) is 4.21. The maximum absolute atomic E-state index is 10.7. The zero-order valence-electron chi connectivity index (χ0n) is 10.7. The molecule has 0 unspecified atom stereocenters. The van der Waals surface area contributed by atoms with Gasteiger partial charge in [-0.1, -0.05) is 12.1 Å². The van der Waals surface area contributed by atoms with Gasteiger partial charge in [0, 0.05) is 24.0 Å². The number of nitrogens with zero attached hydrogens (tertiary/aromatic N) is 2. The number of thiocarbonyl (C=S) groups is 1. The first-order chi connectivity index (χ1) is 9.56. The molecule has 2 rings (SSSR count). The second kappa shape index (κ2) is 6.07. The Morgan fingerprint density at radius 2 is 2.10 bits per heavy atom. The minimum atomic E-state index is -0.454. The van der Waals surface area contributed by atoms with Crippen molar-refractivity contribution in [1.82, 2.24) is 4.98 Å². The van der Waals surface area contributed by atoms with E-state index in [-0.39, 0.29) is 5.69 Å². The normalized spacial score (nSPS) is 9.85. The van der Waals surface area contributed by atoms with Crippen molar-refractivity contribution in [3.05, 3.63) is 58.3 Å². The molecule has 7 heteroatoms. The smallest absolute Gasteiger partial charge is 0.271 e. The van der Waals surface area contributed by atoms with E-state index in [1.807, 2.05) is 19.1 Å². The van der Waals surface area contributed by atoms with Gasteiger partial charge in [0.05, 0.1) is 4.92 Å². The SMILES string of the molecule is Cc1cccnc1NC(=S)Nc1cccc([N+](=O)[O-])c1. The molecular formula is C13H12N4O2S. The molecule has 0 spiro atoms. The third-order valence-corrected chi connectivity index (χ3v) is 2.76. The fraction of sp³-hybridized carbons (Fsp3) is 0.0769. The Labute approximate surface area is 121 Å². The summed E-state index contributed by atoms with van der Waals surface area (Å²) in [5, 5.41) is 16.9. The first-order valence-corrected chi connectivity index (χ1v) is 6.21. The quantitative estimate of drug-likeness (QED) is 0.513. The van der Waals surface area contributed by atoms with Crippen LogP contribution in [0.3, 0.4) is 0 Å². The molecule has 0 amide bonds. The molecule has 0 aliphatic heterocycles. The van der Waals surface area contributed by atoms with E-state index < -0.39 is 4.92 Å². The number of anilines is 2. The molecule has 0 fully saturated rings. The Balaban J connectivity index is 2.07. The average molecular weight is 288 g/mol. The number of pyridine rings is 1. The van der Waals surface area contributed by atoms with Crippen LogP contribution in [-0.4, -0.2) is 15.0 Å². The van der Waals surface area contributed by atoms with Crippen molar-refractivity contribution >= 4 is 34.5 Å². The van der Waals surface area contributed by atoms with Crippen LogP contribution in [0, 0.1) is 17.0 Å². The van der Waals surface area contributed by atoms with Gasteiger partial charge in [-0.15, -0.1) is 0 Å². The van der Waals surface area contributed by atoms with Crippen LogP contribution in [0.2, 0.25) is 0 Å². The Bertz CT molecular complexity index is 660. The van der Waals surface area contributed by atoms with Crippen molar-refractivity contribution in [2.24, 2.45) is 0 Å². The van der Waals surface area contributed by atoms with Crippen molar-refractivity contribution in [3.8, 4) is 0 Å². The fourth-order valence-corrected chi connectivity index (χ4v) is 1.80. The molecule has 2 aromatic rings. The topological polar surface area (TPSA) is 80.1 Å². The zero-order chi connectivity index (χ0) is 14.5. The molecule has 0 atom stereocenters. The largest absolute Gasteiger partial charge is 0.332 e. The van der Waals surface area contributed by atoms with Crippen molar-refractivity contribution in [2.45, 2.75) is 6.92 Å². The number of aryl methyl sites for hydroxylation is 1. The van der Waals surface area contributed by atoms with Crippen LogP contribution in [-0.2, 0) is 0 Å². The minimum Gasteiger partial charge on any atom is -0.332 e. The van der Waals surface area contributed by atoms with Gasteiger partial charge in [-0.3, -0.25) is 10.1 Å². The van der Waals surface area contributed by atoms with Crippen molar-refractivity contribution < 1.29 is 4.92 Å². The Morgan fingerprint density at radius 1 is 1.30 bits per heavy atom. The number of benzene rings is 1. The van der Waals surface area contributed by atoms with Gasteiger partial charge >= 0.3 is 0 Å². The molecule has 1 aromatic heterocycles. The van der Waals surface area contributed by atoms with E-state index in [4.69, 9.17) is 12.2 Å². The summed E-state index contributed by atoms with van der Waals surface area (Å²) in [7, 11) is 0. The van der Waals surface area contributed by atoms with E-state index in [9.17, 15) is 10.1 Å². The van der Waals surface area contributed by atoms with E-state index in [0.29, 0.717) is 16.6 Å². The average Bonchev–Trinajstić information content (AvgIpc) is 2.41. The Morgan fingerprint density at radius 3 is 2.80 bits per heavy atom. The summed E-state index contributed by atoms with van der Waals surface area (Å²) in [4.78, 5) is 14.4. The van der Waals surface area contributed by atoms with Gasteiger partial charge in [0.1, 0.15) is 5.82 Å². The van der Waals surface area contributed by atoms with Gasteiger partial charge in [0.25, 0.3) is 5.69 Å². The molecule has 1 aromatic carbocycles. The summed E-state index contributed by atoms with van der Waals surface area (Å²) < 4.78 is 0. The van der Waals surface area contributed by atoms with Crippen molar-refractivity contribution in [3.63, 3.8) is 0 Å². The molecule has 0 saturated heterocycles. The van der Waals surface area contributed by atoms with Gasteiger partial charge in [-0.2, -0.15) is 0 Å². The molecule has 102 valence electrons. The summed E-state index contributed by atoms with van der Waals surface area (Å²) in [5.74, 6) is 0.649. The lowest BCUT2D eigenvalue weighted by molar-refractivity contribution is -0.384. The van der Waals surface area contributed by atoms with Crippen LogP contribution in [0.1, 0.15) is 5.56 Å². The Hall–Kier alpha value is -2.54. The van der Waals surface area contributed by atoms with E-state index in [0.717, 1.165) is 5.56 Å². The minimum absolute atomic E-state index is 0.00631. The molecule has 0 aliphatic carbocycles. The number of hydrogen-bond acceptors (Lipinski definition) is 4. The second-order valence-electron chi connectivity index (χ2n) is 4.06. The number of aromatic nitrogens is 1. The van der Waals surface area contributed by atoms with Crippen molar-refractivity contribution in [2.75, 3.05) is 10.6 Å². The highest BCUT2D eigenvalue weighted by atomic mass is 32.1. The predicted molar refractivity (Wildman–Crippen MR) is 81.9 cm³/mol. The lowest BCUT2D eigenvalue weighted by Crippen LogP contribution is -2.20. The standard InChI is InChI=1S/C13H12N4O2S/c1-9-4-3-7-14-12(9)16-13(20)15-10-5-2-6-11(8-10)17(18)19/h2-8H,1H3,(H2,14,15,16,20). The fourth-order valence-electron chi connectivity index (χ4n) is 1.58. The van der Waals surface area contributed by atoms with Crippen molar-refractivity contribution in [1.29, 1.82) is 0 Å². The highest BCUT2D eigenvalue weighted by molar-refractivity contribution is 7.80. The van der Waals surface area contributed by atoms with E-state index in [1.54, 1.807) is 18.3 Å². The van der Waals surface area contributed by atoms with E-state index in [1.165, 1.54) is 12.1 Å². The number of hydrogen-bond donors (Lipinski definition) is 2. The van der Waals surface area contributed by atoms with Crippen LogP contribution < -0.4 is 10.6 Å². The van der Waals surface area contributed by atoms with Crippen LogP contribution in [0.4, 0.5) is 17.2 Å². The molecule has 0 bridgehead atoms. The second-order valence-corrected chi connectivity index (χ2v) is 4.46. The van der Waals surface area contributed by atoms with Crippen LogP contribution in [0.15, 0.2) is 42.6 Å². The highest BCUT2D eigenvalue weighted by Gasteiger charge is 2.07. The lowest BCUT2D eigenvalue weighted by atomic mass is 10.3. The molecule has 0 saturated carbocycles. The van der Waals surface area contributed by atoms with Crippen LogP contribution in [0.25, 0.3) is 0 Å². The first-order valence-electron chi connectivity index (χ1n) is 5.80. The summed E-state index contributed by atoms with van der Waals surface area (Å²) in [6, 6.07) is 9.87. The number of nitro groups is 1. The third-order valence-electron chi connectivity index (χ3n) is 2.56. The van der Waals surface area contributed by atoms with Gasteiger partial charge in [0.15, 0.2) is 5.11 Å². The first kappa shape index (κ1) is 13.9. The zero-order valence-corrected chi connectivity index (χ0v) is 11.5. The van der Waals surface area contributed by atoms with Crippen LogP contribution >= 0.6 is 12.2 Å². The maximum Gasteiger partial charge on any atom is 0.271 e. The molecule has 6 nitrogen and oxygen atoms in total. The molecule has 0 aliphatic rings. The third kappa shape index (κ3) is 3.48. The number of non-ortho nitro benzene ring substituents is 1. The summed E-state index contributed by atoms with van der Waals surface area (Å²) in [5.41, 5.74) is 1.51. The van der Waals surface area contributed by atoms with E-state index in [2.05, 4.69) is 15.6 Å². The lowest BCUT2D eigenvalue weighted by Gasteiger charge is -2.11. The van der Waals surface area contributed by atoms with E-state index >= 15 is 0 Å². The highest BCUT2D eigenvalue weighted by Crippen LogP contribution is 2.17. The predicted octanol–water partition coefficient (Wildman–Crippen LogP) is 3.11. The number of rotatable bonds is 3. The number of nitro benzene ring substituents is 1. The summed E-state index contributed by atoms with van der Waals surface area (Å²) in [6.45, 7) is 1.91. The summed E-state index contributed by atoms with van der Waals surface area (Å²) in [6.07, 6.45) is 1.66. The van der Waals surface area contributed by atoms with Gasteiger partial charge < -0.3 is 10.6 Å². The molecule has 0 radical (unpaired) electrons.